The Kier molecular flexibility index (Phi) is 4.55. The van der Waals surface area contributed by atoms with Crippen molar-refractivity contribution >= 4 is 5.91 Å². The van der Waals surface area contributed by atoms with Gasteiger partial charge in [-0.15, -0.1) is 0 Å². The summed E-state index contributed by atoms with van der Waals surface area (Å²) < 4.78 is 2.01. The lowest BCUT2D eigenvalue weighted by atomic mass is 10.1. The van der Waals surface area contributed by atoms with E-state index >= 15 is 0 Å². The van der Waals surface area contributed by atoms with E-state index in [4.69, 9.17) is 0 Å². The molecular formula is C13H23N5O. The van der Waals surface area contributed by atoms with Crippen LogP contribution in [0.5, 0.6) is 0 Å². The molecule has 1 amide bonds. The summed E-state index contributed by atoms with van der Waals surface area (Å²) >= 11 is 0. The van der Waals surface area contributed by atoms with E-state index in [0.717, 1.165) is 31.9 Å². The van der Waals surface area contributed by atoms with Gasteiger partial charge in [-0.25, -0.2) is 0 Å². The summed E-state index contributed by atoms with van der Waals surface area (Å²) in [4.78, 5) is 14.1. The van der Waals surface area contributed by atoms with Crippen LogP contribution < -0.4 is 10.6 Å². The number of carbonyl (C=O) groups is 1. The van der Waals surface area contributed by atoms with Crippen LogP contribution in [-0.2, 0) is 17.9 Å². The van der Waals surface area contributed by atoms with Crippen molar-refractivity contribution in [2.75, 3.05) is 26.7 Å². The lowest BCUT2D eigenvalue weighted by molar-refractivity contribution is -0.126. The Bertz CT molecular complexity index is 442. The number of amides is 1. The van der Waals surface area contributed by atoms with Crippen LogP contribution in [-0.4, -0.2) is 53.3 Å². The number of aryl methyl sites for hydroxylation is 2. The van der Waals surface area contributed by atoms with Gasteiger partial charge in [0.25, 0.3) is 0 Å². The minimum atomic E-state index is -0.0979. The number of hydrogen-bond acceptors (Lipinski definition) is 4. The largest absolute Gasteiger partial charge is 0.358 e. The van der Waals surface area contributed by atoms with E-state index in [1.54, 1.807) is 7.05 Å². The number of likely N-dealkylation sites (N-methyl/N-ethyl adjacent to an activating group) is 1. The molecule has 0 aliphatic carbocycles. The maximum Gasteiger partial charge on any atom is 0.238 e. The topological polar surface area (TPSA) is 62.2 Å². The molecule has 0 saturated carbocycles. The Morgan fingerprint density at radius 3 is 3.11 bits per heavy atom. The van der Waals surface area contributed by atoms with Crippen LogP contribution in [0.25, 0.3) is 0 Å². The standard InChI is InChI=1S/C13H23N5O/c1-4-18-11(7-10(2)16-18)9-17-6-5-15-8-12(17)13(19)14-3/h7,12,15H,4-6,8-9H2,1-3H3,(H,14,19). The van der Waals surface area contributed by atoms with Crippen molar-refractivity contribution in [3.63, 3.8) is 0 Å². The molecular weight excluding hydrogens is 242 g/mol. The molecule has 0 aromatic carbocycles. The number of nitrogens with one attached hydrogen (secondary N) is 2. The summed E-state index contributed by atoms with van der Waals surface area (Å²) in [6, 6.07) is 2.01. The lowest BCUT2D eigenvalue weighted by Crippen LogP contribution is -2.57. The third kappa shape index (κ3) is 3.13. The normalized spacial score (nSPS) is 20.5. The summed E-state index contributed by atoms with van der Waals surface area (Å²) in [5.41, 5.74) is 2.21. The fraction of sp³-hybridized carbons (Fsp3) is 0.692. The van der Waals surface area contributed by atoms with Crippen molar-refractivity contribution in [3.05, 3.63) is 17.5 Å². The van der Waals surface area contributed by atoms with Gasteiger partial charge >= 0.3 is 0 Å². The molecule has 0 spiro atoms. The van der Waals surface area contributed by atoms with Crippen molar-refractivity contribution in [3.8, 4) is 0 Å². The maximum absolute atomic E-state index is 11.9. The van der Waals surface area contributed by atoms with E-state index in [1.807, 2.05) is 11.6 Å². The van der Waals surface area contributed by atoms with Crippen molar-refractivity contribution < 1.29 is 4.79 Å². The van der Waals surface area contributed by atoms with Gasteiger partial charge in [-0.1, -0.05) is 0 Å². The van der Waals surface area contributed by atoms with Gasteiger partial charge in [-0.05, 0) is 19.9 Å². The van der Waals surface area contributed by atoms with Gasteiger partial charge in [0.05, 0.1) is 11.4 Å². The highest BCUT2D eigenvalue weighted by molar-refractivity contribution is 5.81. The van der Waals surface area contributed by atoms with E-state index in [0.29, 0.717) is 6.54 Å². The van der Waals surface area contributed by atoms with E-state index in [2.05, 4.69) is 33.6 Å². The van der Waals surface area contributed by atoms with Gasteiger partial charge in [0.15, 0.2) is 0 Å². The highest BCUT2D eigenvalue weighted by Gasteiger charge is 2.28. The van der Waals surface area contributed by atoms with E-state index in [9.17, 15) is 4.79 Å². The molecule has 1 aliphatic heterocycles. The van der Waals surface area contributed by atoms with Crippen LogP contribution in [0.4, 0.5) is 0 Å². The molecule has 6 nitrogen and oxygen atoms in total. The number of rotatable bonds is 4. The fourth-order valence-electron chi connectivity index (χ4n) is 2.57. The van der Waals surface area contributed by atoms with Crippen LogP contribution >= 0.6 is 0 Å². The quantitative estimate of drug-likeness (QED) is 0.787. The molecule has 6 heteroatoms. The predicted molar refractivity (Wildman–Crippen MR) is 73.8 cm³/mol. The highest BCUT2D eigenvalue weighted by atomic mass is 16.2. The van der Waals surface area contributed by atoms with Gasteiger partial charge in [0.1, 0.15) is 6.04 Å². The SMILES string of the molecule is CCn1nc(C)cc1CN1CCNCC1C(=O)NC. The molecule has 1 saturated heterocycles. The average Bonchev–Trinajstić information content (AvgIpc) is 2.78. The van der Waals surface area contributed by atoms with E-state index in [1.165, 1.54) is 5.69 Å². The number of nitrogens with zero attached hydrogens (tertiary/aromatic N) is 3. The molecule has 1 unspecified atom stereocenters. The molecule has 1 aromatic heterocycles. The minimum absolute atomic E-state index is 0.0754. The molecule has 1 atom stereocenters. The Morgan fingerprint density at radius 2 is 2.42 bits per heavy atom. The Morgan fingerprint density at radius 1 is 1.63 bits per heavy atom. The average molecular weight is 265 g/mol. The van der Waals surface area contributed by atoms with Gasteiger partial charge in [0, 0.05) is 39.8 Å². The number of piperazine rings is 1. The first kappa shape index (κ1) is 14.0. The Labute approximate surface area is 114 Å². The monoisotopic (exact) mass is 265 g/mol. The highest BCUT2D eigenvalue weighted by Crippen LogP contribution is 2.12. The first-order valence-electron chi connectivity index (χ1n) is 6.85. The summed E-state index contributed by atoms with van der Waals surface area (Å²) in [5, 5.41) is 10.5. The minimum Gasteiger partial charge on any atom is -0.358 e. The fourth-order valence-corrected chi connectivity index (χ4v) is 2.57. The third-order valence-corrected chi connectivity index (χ3v) is 3.55. The molecule has 2 rings (SSSR count). The second-order valence-electron chi connectivity index (χ2n) is 4.90. The first-order chi connectivity index (χ1) is 9.15. The van der Waals surface area contributed by atoms with Crippen LogP contribution in [0.2, 0.25) is 0 Å². The Balaban J connectivity index is 2.12. The summed E-state index contributed by atoms with van der Waals surface area (Å²) in [5.74, 6) is 0.0754. The van der Waals surface area contributed by atoms with E-state index in [-0.39, 0.29) is 11.9 Å². The predicted octanol–water partition coefficient (Wildman–Crippen LogP) is -0.269. The molecule has 1 aromatic rings. The van der Waals surface area contributed by atoms with Gasteiger partial charge in [0.2, 0.25) is 5.91 Å². The summed E-state index contributed by atoms with van der Waals surface area (Å²) in [7, 11) is 1.69. The molecule has 1 fully saturated rings. The number of aromatic nitrogens is 2. The first-order valence-corrected chi connectivity index (χ1v) is 6.85. The van der Waals surface area contributed by atoms with Gasteiger partial charge in [-0.3, -0.25) is 14.4 Å². The Hall–Kier alpha value is -1.40. The second kappa shape index (κ2) is 6.16. The van der Waals surface area contributed by atoms with Crippen molar-refractivity contribution in [2.24, 2.45) is 0 Å². The zero-order chi connectivity index (χ0) is 13.8. The molecule has 1 aliphatic rings. The number of hydrogen-bond donors (Lipinski definition) is 2. The second-order valence-corrected chi connectivity index (χ2v) is 4.90. The zero-order valence-electron chi connectivity index (χ0n) is 11.9. The smallest absolute Gasteiger partial charge is 0.238 e. The van der Waals surface area contributed by atoms with Crippen LogP contribution in [0.15, 0.2) is 6.07 Å². The van der Waals surface area contributed by atoms with Crippen LogP contribution in [0.1, 0.15) is 18.3 Å². The summed E-state index contributed by atoms with van der Waals surface area (Å²) in [6.45, 7) is 8.24. The van der Waals surface area contributed by atoms with Crippen LogP contribution in [0.3, 0.4) is 0 Å². The lowest BCUT2D eigenvalue weighted by Gasteiger charge is -2.34. The van der Waals surface area contributed by atoms with Crippen molar-refractivity contribution in [1.82, 2.24) is 25.3 Å². The molecule has 2 heterocycles. The van der Waals surface area contributed by atoms with Gasteiger partial charge < -0.3 is 10.6 Å². The molecule has 2 N–H and O–H groups in total. The van der Waals surface area contributed by atoms with Crippen molar-refractivity contribution in [1.29, 1.82) is 0 Å². The van der Waals surface area contributed by atoms with Crippen molar-refractivity contribution in [2.45, 2.75) is 33.0 Å². The third-order valence-electron chi connectivity index (χ3n) is 3.55. The zero-order valence-corrected chi connectivity index (χ0v) is 11.9. The molecule has 0 radical (unpaired) electrons. The number of carbonyl (C=O) groups excluding carboxylic acids is 1. The summed E-state index contributed by atoms with van der Waals surface area (Å²) in [6.07, 6.45) is 0. The molecule has 106 valence electrons. The van der Waals surface area contributed by atoms with Crippen LogP contribution in [0, 0.1) is 6.92 Å². The van der Waals surface area contributed by atoms with Gasteiger partial charge in [-0.2, -0.15) is 5.10 Å². The molecule has 19 heavy (non-hydrogen) atoms. The maximum atomic E-state index is 11.9. The molecule has 0 bridgehead atoms. The van der Waals surface area contributed by atoms with E-state index < -0.39 is 0 Å².